The van der Waals surface area contributed by atoms with E-state index in [0.29, 0.717) is 0 Å². The van der Waals surface area contributed by atoms with Crippen LogP contribution < -0.4 is 5.32 Å². The van der Waals surface area contributed by atoms with Crippen LogP contribution in [0.3, 0.4) is 0 Å². The molecule has 0 aromatic heterocycles. The molecule has 1 aliphatic carbocycles. The molecule has 1 heterocycles. The average molecular weight is 274 g/mol. The van der Waals surface area contributed by atoms with Gasteiger partial charge >= 0.3 is 0 Å². The normalized spacial score (nSPS) is 32.8. The molecule has 2 fully saturated rings. The van der Waals surface area contributed by atoms with Gasteiger partial charge in [0.25, 0.3) is 0 Å². The Morgan fingerprint density at radius 3 is 2.53 bits per heavy atom. The smallest absolute Gasteiger partial charge is 0.0317 e. The van der Waals surface area contributed by atoms with Crippen molar-refractivity contribution in [1.29, 1.82) is 0 Å². The van der Waals surface area contributed by atoms with Gasteiger partial charge in [0.2, 0.25) is 0 Å². The molecule has 0 spiro atoms. The van der Waals surface area contributed by atoms with E-state index in [9.17, 15) is 0 Å². The van der Waals surface area contributed by atoms with Crippen LogP contribution in [0.2, 0.25) is 0 Å². The standard InChI is InChI=1S/C14H27NS2/c1-3-15-13(10-12-6-4-5-7-12)14-11(2)16-8-9-17-14/h11-15H,3-10H2,1-2H3. The first kappa shape index (κ1) is 14.1. The number of rotatable bonds is 5. The highest BCUT2D eigenvalue weighted by atomic mass is 32.2. The van der Waals surface area contributed by atoms with Gasteiger partial charge in [0, 0.05) is 28.0 Å². The van der Waals surface area contributed by atoms with E-state index in [0.717, 1.165) is 29.0 Å². The average Bonchev–Trinajstić information content (AvgIpc) is 2.82. The summed E-state index contributed by atoms with van der Waals surface area (Å²) in [6.07, 6.45) is 7.36. The van der Waals surface area contributed by atoms with Gasteiger partial charge in [0.05, 0.1) is 0 Å². The van der Waals surface area contributed by atoms with Gasteiger partial charge < -0.3 is 5.32 Å². The van der Waals surface area contributed by atoms with E-state index < -0.39 is 0 Å². The van der Waals surface area contributed by atoms with Crippen LogP contribution in [0.4, 0.5) is 0 Å². The summed E-state index contributed by atoms with van der Waals surface area (Å²) in [7, 11) is 0. The lowest BCUT2D eigenvalue weighted by molar-refractivity contribution is 0.382. The second kappa shape index (κ2) is 7.30. The molecule has 3 unspecified atom stereocenters. The zero-order valence-electron chi connectivity index (χ0n) is 11.3. The Balaban J connectivity index is 1.89. The van der Waals surface area contributed by atoms with Gasteiger partial charge in [0.15, 0.2) is 0 Å². The third-order valence-electron chi connectivity index (χ3n) is 4.16. The van der Waals surface area contributed by atoms with Crippen molar-refractivity contribution in [3.05, 3.63) is 0 Å². The number of nitrogens with one attached hydrogen (secondary N) is 1. The molecular weight excluding hydrogens is 246 g/mol. The lowest BCUT2D eigenvalue weighted by Gasteiger charge is -2.36. The van der Waals surface area contributed by atoms with Gasteiger partial charge in [0.1, 0.15) is 0 Å². The van der Waals surface area contributed by atoms with Crippen molar-refractivity contribution >= 4 is 23.5 Å². The summed E-state index contributed by atoms with van der Waals surface area (Å²) in [6, 6.07) is 0.760. The maximum Gasteiger partial charge on any atom is 0.0317 e. The van der Waals surface area contributed by atoms with Crippen LogP contribution in [-0.4, -0.2) is 34.6 Å². The summed E-state index contributed by atoms with van der Waals surface area (Å²) < 4.78 is 0. The van der Waals surface area contributed by atoms with E-state index in [2.05, 4.69) is 42.7 Å². The Bertz CT molecular complexity index is 216. The van der Waals surface area contributed by atoms with Crippen LogP contribution in [0.25, 0.3) is 0 Å². The van der Waals surface area contributed by atoms with Crippen molar-refractivity contribution in [1.82, 2.24) is 5.32 Å². The maximum absolute atomic E-state index is 3.78. The zero-order chi connectivity index (χ0) is 12.1. The molecule has 0 bridgehead atoms. The van der Waals surface area contributed by atoms with Crippen LogP contribution in [-0.2, 0) is 0 Å². The van der Waals surface area contributed by atoms with Crippen molar-refractivity contribution in [2.24, 2.45) is 5.92 Å². The van der Waals surface area contributed by atoms with Crippen molar-refractivity contribution in [2.45, 2.75) is 62.5 Å². The highest BCUT2D eigenvalue weighted by Crippen LogP contribution is 2.37. The molecule has 0 amide bonds. The van der Waals surface area contributed by atoms with Crippen molar-refractivity contribution in [3.63, 3.8) is 0 Å². The minimum atomic E-state index is 0.760. The second-order valence-corrected chi connectivity index (χ2v) is 8.23. The van der Waals surface area contributed by atoms with Gasteiger partial charge in [-0.15, -0.1) is 0 Å². The van der Waals surface area contributed by atoms with Gasteiger partial charge in [-0.1, -0.05) is 39.5 Å². The number of hydrogen-bond donors (Lipinski definition) is 1. The molecule has 1 nitrogen and oxygen atoms in total. The second-order valence-electron chi connectivity index (χ2n) is 5.46. The van der Waals surface area contributed by atoms with Crippen LogP contribution in [0.15, 0.2) is 0 Å². The summed E-state index contributed by atoms with van der Waals surface area (Å²) in [5.41, 5.74) is 0. The number of thioether (sulfide) groups is 2. The third kappa shape index (κ3) is 4.07. The van der Waals surface area contributed by atoms with Crippen LogP contribution in [0.1, 0.15) is 46.0 Å². The highest BCUT2D eigenvalue weighted by Gasteiger charge is 2.32. The first-order chi connectivity index (χ1) is 8.31. The molecule has 2 aliphatic rings. The Kier molecular flexibility index (Phi) is 6.04. The van der Waals surface area contributed by atoms with Gasteiger partial charge in [-0.05, 0) is 18.9 Å². The quantitative estimate of drug-likeness (QED) is 0.818. The first-order valence-corrected chi connectivity index (χ1v) is 9.37. The van der Waals surface area contributed by atoms with Gasteiger partial charge in [-0.2, -0.15) is 23.5 Å². The molecular formula is C14H27NS2. The molecule has 1 saturated carbocycles. The summed E-state index contributed by atoms with van der Waals surface area (Å²) in [5, 5.41) is 5.45. The Morgan fingerprint density at radius 2 is 1.88 bits per heavy atom. The molecule has 1 N–H and O–H groups in total. The van der Waals surface area contributed by atoms with Crippen LogP contribution >= 0.6 is 23.5 Å². The fraction of sp³-hybridized carbons (Fsp3) is 1.00. The molecule has 100 valence electrons. The van der Waals surface area contributed by atoms with E-state index in [1.165, 1.54) is 43.6 Å². The summed E-state index contributed by atoms with van der Waals surface area (Å²) in [5.74, 6) is 3.72. The fourth-order valence-corrected chi connectivity index (χ4v) is 6.27. The van der Waals surface area contributed by atoms with Crippen LogP contribution in [0, 0.1) is 5.92 Å². The van der Waals surface area contributed by atoms with Crippen molar-refractivity contribution < 1.29 is 0 Å². The summed E-state index contributed by atoms with van der Waals surface area (Å²) in [4.78, 5) is 0. The van der Waals surface area contributed by atoms with Crippen molar-refractivity contribution in [2.75, 3.05) is 18.1 Å². The minimum absolute atomic E-state index is 0.760. The predicted molar refractivity (Wildman–Crippen MR) is 82.2 cm³/mol. The monoisotopic (exact) mass is 273 g/mol. The SMILES string of the molecule is CCNC(CC1CCCC1)C1SCCSC1C. The third-order valence-corrected chi connectivity index (χ3v) is 7.41. The predicted octanol–water partition coefficient (Wildman–Crippen LogP) is 3.78. The molecule has 0 radical (unpaired) electrons. The van der Waals surface area contributed by atoms with E-state index in [-0.39, 0.29) is 0 Å². The minimum Gasteiger partial charge on any atom is -0.313 e. The van der Waals surface area contributed by atoms with E-state index in [1.54, 1.807) is 0 Å². The van der Waals surface area contributed by atoms with E-state index in [1.807, 2.05) is 0 Å². The molecule has 17 heavy (non-hydrogen) atoms. The van der Waals surface area contributed by atoms with Crippen LogP contribution in [0.5, 0.6) is 0 Å². The molecule has 0 aromatic rings. The van der Waals surface area contributed by atoms with E-state index >= 15 is 0 Å². The van der Waals surface area contributed by atoms with Gasteiger partial charge in [-0.25, -0.2) is 0 Å². The summed E-state index contributed by atoms with van der Waals surface area (Å²) in [6.45, 7) is 5.82. The lowest BCUT2D eigenvalue weighted by atomic mass is 9.95. The maximum atomic E-state index is 3.78. The Labute approximate surface area is 115 Å². The Morgan fingerprint density at radius 1 is 1.18 bits per heavy atom. The molecule has 3 heteroatoms. The van der Waals surface area contributed by atoms with Gasteiger partial charge in [-0.3, -0.25) is 0 Å². The largest absolute Gasteiger partial charge is 0.313 e. The first-order valence-electron chi connectivity index (χ1n) is 7.28. The Hall–Kier alpha value is 0.660. The molecule has 1 saturated heterocycles. The topological polar surface area (TPSA) is 12.0 Å². The fourth-order valence-electron chi connectivity index (χ4n) is 3.29. The highest BCUT2D eigenvalue weighted by molar-refractivity contribution is 8.07. The summed E-state index contributed by atoms with van der Waals surface area (Å²) >= 11 is 4.40. The molecule has 0 aromatic carbocycles. The number of hydrogen-bond acceptors (Lipinski definition) is 3. The molecule has 2 rings (SSSR count). The molecule has 3 atom stereocenters. The van der Waals surface area contributed by atoms with E-state index in [4.69, 9.17) is 0 Å². The molecule has 1 aliphatic heterocycles. The van der Waals surface area contributed by atoms with Crippen molar-refractivity contribution in [3.8, 4) is 0 Å². The lowest BCUT2D eigenvalue weighted by Crippen LogP contribution is -2.45. The zero-order valence-corrected chi connectivity index (χ0v) is 12.9.